The number of amides is 1. The van der Waals surface area contributed by atoms with Crippen LogP contribution in [0.25, 0.3) is 0 Å². The van der Waals surface area contributed by atoms with Gasteiger partial charge in [0.2, 0.25) is 5.91 Å². The highest BCUT2D eigenvalue weighted by Crippen LogP contribution is 2.45. The zero-order valence-electron chi connectivity index (χ0n) is 15.0. The number of aryl methyl sites for hydroxylation is 1. The van der Waals surface area contributed by atoms with E-state index in [1.807, 2.05) is 26.0 Å². The predicted octanol–water partition coefficient (Wildman–Crippen LogP) is 1.92. The van der Waals surface area contributed by atoms with Crippen LogP contribution in [0.1, 0.15) is 40.6 Å². The molecular formula is C19H22NO5S-. The number of rotatable bonds is 5. The molecule has 26 heavy (non-hydrogen) atoms. The molecule has 0 saturated heterocycles. The molecule has 0 unspecified atom stereocenters. The molecule has 1 saturated carbocycles. The molecule has 2 bridgehead atoms. The lowest BCUT2D eigenvalue weighted by Crippen LogP contribution is -2.51. The van der Waals surface area contributed by atoms with Crippen LogP contribution in [-0.4, -0.2) is 25.0 Å². The lowest BCUT2D eigenvalue weighted by molar-refractivity contribution is -0.316. The van der Waals surface area contributed by atoms with Crippen molar-refractivity contribution in [2.45, 2.75) is 33.1 Å². The van der Waals surface area contributed by atoms with Crippen molar-refractivity contribution >= 4 is 34.2 Å². The van der Waals surface area contributed by atoms with Gasteiger partial charge in [0.1, 0.15) is 5.00 Å². The fraction of sp³-hybridized carbons (Fsp3) is 0.526. The van der Waals surface area contributed by atoms with E-state index in [0.717, 1.165) is 23.3 Å². The van der Waals surface area contributed by atoms with Gasteiger partial charge < -0.3 is 20.0 Å². The van der Waals surface area contributed by atoms with Gasteiger partial charge in [-0.25, -0.2) is 4.79 Å². The van der Waals surface area contributed by atoms with E-state index >= 15 is 0 Å². The Labute approximate surface area is 156 Å². The minimum absolute atomic E-state index is 0.115. The molecule has 0 radical (unpaired) electrons. The van der Waals surface area contributed by atoms with E-state index in [9.17, 15) is 19.5 Å². The molecule has 4 rings (SSSR count). The molecule has 6 nitrogen and oxygen atoms in total. The fourth-order valence-corrected chi connectivity index (χ4v) is 5.41. The Bertz CT molecular complexity index is 781. The van der Waals surface area contributed by atoms with Gasteiger partial charge in [0.15, 0.2) is 0 Å². The molecular weight excluding hydrogens is 354 g/mol. The molecule has 3 aliphatic carbocycles. The smallest absolute Gasteiger partial charge is 0.341 e. The lowest BCUT2D eigenvalue weighted by atomic mass is 9.62. The number of anilines is 1. The highest BCUT2D eigenvalue weighted by molar-refractivity contribution is 7.16. The van der Waals surface area contributed by atoms with Crippen molar-refractivity contribution in [2.24, 2.45) is 23.7 Å². The van der Waals surface area contributed by atoms with Gasteiger partial charge in [-0.05, 0) is 43.6 Å². The number of hydrogen-bond acceptors (Lipinski definition) is 6. The average Bonchev–Trinajstić information content (AvgIpc) is 2.95. The van der Waals surface area contributed by atoms with Crippen molar-refractivity contribution in [2.75, 3.05) is 12.4 Å². The number of nitrogens with one attached hydrogen (secondary N) is 1. The number of carboxylic acid groups (broad SMARTS) is 1. The molecule has 1 aromatic heterocycles. The molecule has 0 spiro atoms. The second-order valence-corrected chi connectivity index (χ2v) is 8.06. The Morgan fingerprint density at radius 1 is 1.23 bits per heavy atom. The van der Waals surface area contributed by atoms with E-state index in [-0.39, 0.29) is 17.7 Å². The number of hydrogen-bond donors (Lipinski definition) is 1. The SMILES string of the molecule is CCc1c(C)sc(NC(=O)[C@@H]2[C@@H](C(=O)[O-])[C@H]3C=C[C@H]2CC3)c1C(=O)OC. The molecule has 3 aliphatic rings. The van der Waals surface area contributed by atoms with E-state index < -0.39 is 23.8 Å². The maximum atomic E-state index is 13.0. The summed E-state index contributed by atoms with van der Waals surface area (Å²) in [6, 6.07) is 0. The molecule has 1 N–H and O–H groups in total. The number of fused-ring (bicyclic) bond motifs is 2. The number of aliphatic carboxylic acids is 1. The van der Waals surface area contributed by atoms with E-state index in [1.165, 1.54) is 18.4 Å². The minimum atomic E-state index is -1.19. The number of thiophene rings is 1. The molecule has 0 aromatic carbocycles. The first-order valence-corrected chi connectivity index (χ1v) is 9.61. The average molecular weight is 376 g/mol. The number of carbonyl (C=O) groups is 3. The van der Waals surface area contributed by atoms with Crippen LogP contribution in [0.4, 0.5) is 5.00 Å². The Morgan fingerprint density at radius 2 is 1.85 bits per heavy atom. The minimum Gasteiger partial charge on any atom is -0.550 e. The summed E-state index contributed by atoms with van der Waals surface area (Å²) in [5.74, 6) is -3.84. The summed E-state index contributed by atoms with van der Waals surface area (Å²) < 4.78 is 4.87. The first-order valence-electron chi connectivity index (χ1n) is 8.79. The number of methoxy groups -OCH3 is 1. The van der Waals surface area contributed by atoms with E-state index in [1.54, 1.807) is 0 Å². The first kappa shape index (κ1) is 18.6. The van der Waals surface area contributed by atoms with Gasteiger partial charge in [-0.1, -0.05) is 19.1 Å². The Hall–Kier alpha value is -2.15. The highest BCUT2D eigenvalue weighted by Gasteiger charge is 2.45. The van der Waals surface area contributed by atoms with Gasteiger partial charge in [-0.2, -0.15) is 0 Å². The molecule has 140 valence electrons. The van der Waals surface area contributed by atoms with Crippen LogP contribution in [0.15, 0.2) is 12.2 Å². The van der Waals surface area contributed by atoms with Crippen LogP contribution in [0, 0.1) is 30.6 Å². The van der Waals surface area contributed by atoms with Gasteiger partial charge in [0.25, 0.3) is 0 Å². The summed E-state index contributed by atoms with van der Waals surface area (Å²) in [5.41, 5.74) is 1.21. The van der Waals surface area contributed by atoms with E-state index in [2.05, 4.69) is 5.32 Å². The van der Waals surface area contributed by atoms with Crippen LogP contribution in [0.2, 0.25) is 0 Å². The van der Waals surface area contributed by atoms with Crippen LogP contribution < -0.4 is 10.4 Å². The van der Waals surface area contributed by atoms with E-state index in [0.29, 0.717) is 17.0 Å². The number of allylic oxidation sites excluding steroid dienone is 2. The number of carboxylic acids is 1. The highest BCUT2D eigenvalue weighted by atomic mass is 32.1. The zero-order chi connectivity index (χ0) is 19.0. The topological polar surface area (TPSA) is 95.5 Å². The maximum Gasteiger partial charge on any atom is 0.341 e. The van der Waals surface area contributed by atoms with Crippen LogP contribution in [0.3, 0.4) is 0 Å². The number of ether oxygens (including phenoxy) is 1. The molecule has 1 heterocycles. The zero-order valence-corrected chi connectivity index (χ0v) is 15.9. The molecule has 7 heteroatoms. The number of esters is 1. The fourth-order valence-electron chi connectivity index (χ4n) is 4.28. The standard InChI is InChI=1S/C19H23NO5S/c1-4-12-9(2)26-17(15(12)19(24)25-3)20-16(21)13-10-5-7-11(8-6-10)14(13)18(22)23/h5,7,10-11,13-14H,4,6,8H2,1-3H3,(H,20,21)(H,22,23)/p-1/t10-,11-,13-,14-/m0/s1. The van der Waals surface area contributed by atoms with Gasteiger partial charge in [0.05, 0.1) is 18.6 Å². The largest absolute Gasteiger partial charge is 0.550 e. The van der Waals surface area contributed by atoms with Crippen molar-refractivity contribution < 1.29 is 24.2 Å². The molecule has 1 fully saturated rings. The normalized spacial score (nSPS) is 26.6. The second kappa shape index (κ2) is 7.23. The first-order chi connectivity index (χ1) is 12.4. The molecule has 4 atom stereocenters. The summed E-state index contributed by atoms with van der Waals surface area (Å²) in [7, 11) is 1.30. The van der Waals surface area contributed by atoms with E-state index in [4.69, 9.17) is 4.74 Å². The Balaban J connectivity index is 1.92. The monoisotopic (exact) mass is 376 g/mol. The summed E-state index contributed by atoms with van der Waals surface area (Å²) in [6.07, 6.45) is 6.02. The van der Waals surface area contributed by atoms with Crippen LogP contribution in [0.5, 0.6) is 0 Å². The lowest BCUT2D eigenvalue weighted by Gasteiger charge is -2.44. The van der Waals surface area contributed by atoms with Crippen molar-refractivity contribution in [3.05, 3.63) is 28.2 Å². The predicted molar refractivity (Wildman–Crippen MR) is 95.7 cm³/mol. The summed E-state index contributed by atoms with van der Waals surface area (Å²) in [4.78, 5) is 37.7. The summed E-state index contributed by atoms with van der Waals surface area (Å²) >= 11 is 1.32. The van der Waals surface area contributed by atoms with Gasteiger partial charge >= 0.3 is 5.97 Å². The molecule has 1 amide bonds. The van der Waals surface area contributed by atoms with Gasteiger partial charge in [0, 0.05) is 16.8 Å². The van der Waals surface area contributed by atoms with Crippen molar-refractivity contribution in [3.63, 3.8) is 0 Å². The van der Waals surface area contributed by atoms with Crippen molar-refractivity contribution in [1.29, 1.82) is 0 Å². The van der Waals surface area contributed by atoms with Crippen molar-refractivity contribution in [1.82, 2.24) is 0 Å². The van der Waals surface area contributed by atoms with Crippen LogP contribution in [-0.2, 0) is 20.7 Å². The molecule has 1 aromatic rings. The summed E-state index contributed by atoms with van der Waals surface area (Å²) in [5, 5.41) is 14.9. The number of carbonyl (C=O) groups excluding carboxylic acids is 3. The third kappa shape index (κ3) is 3.05. The summed E-state index contributed by atoms with van der Waals surface area (Å²) in [6.45, 7) is 3.82. The van der Waals surface area contributed by atoms with Gasteiger partial charge in [-0.3, -0.25) is 4.79 Å². The van der Waals surface area contributed by atoms with Gasteiger partial charge in [-0.15, -0.1) is 11.3 Å². The third-order valence-corrected chi connectivity index (χ3v) is 6.57. The quantitative estimate of drug-likeness (QED) is 0.626. The Kier molecular flexibility index (Phi) is 5.18. The second-order valence-electron chi connectivity index (χ2n) is 6.84. The molecule has 0 aliphatic heterocycles. The maximum absolute atomic E-state index is 13.0. The third-order valence-electron chi connectivity index (χ3n) is 5.51. The van der Waals surface area contributed by atoms with Crippen molar-refractivity contribution in [3.8, 4) is 0 Å². The Morgan fingerprint density at radius 3 is 2.35 bits per heavy atom. The van der Waals surface area contributed by atoms with Crippen LogP contribution >= 0.6 is 11.3 Å².